The molecule has 0 unspecified atom stereocenters. The van der Waals surface area contributed by atoms with Gasteiger partial charge in [0, 0.05) is 56.1 Å². The molecule has 0 amide bonds. The summed E-state index contributed by atoms with van der Waals surface area (Å²) in [6.45, 7) is 6.20. The third-order valence-corrected chi connectivity index (χ3v) is 4.32. The maximum atomic E-state index is 13.2. The summed E-state index contributed by atoms with van der Waals surface area (Å²) in [6, 6.07) is 6.44. The van der Waals surface area contributed by atoms with E-state index in [1.807, 2.05) is 13.0 Å². The Morgan fingerprint density at radius 2 is 2.00 bits per heavy atom. The van der Waals surface area contributed by atoms with Gasteiger partial charge in [-0.15, -0.1) is 0 Å². The van der Waals surface area contributed by atoms with E-state index in [9.17, 15) is 4.39 Å². The summed E-state index contributed by atoms with van der Waals surface area (Å²) >= 11 is 0. The lowest BCUT2D eigenvalue weighted by Crippen LogP contribution is -2.46. The van der Waals surface area contributed by atoms with Crippen molar-refractivity contribution in [3.8, 4) is 0 Å². The highest BCUT2D eigenvalue weighted by Gasteiger charge is 2.21. The van der Waals surface area contributed by atoms with Crippen molar-refractivity contribution in [1.29, 1.82) is 0 Å². The van der Waals surface area contributed by atoms with E-state index in [0.29, 0.717) is 12.1 Å². The third-order valence-electron chi connectivity index (χ3n) is 4.32. The van der Waals surface area contributed by atoms with Crippen LogP contribution in [-0.4, -0.2) is 46.2 Å². The van der Waals surface area contributed by atoms with Crippen LogP contribution in [0.1, 0.15) is 11.4 Å². The molecule has 124 valence electrons. The van der Waals surface area contributed by atoms with E-state index in [-0.39, 0.29) is 5.82 Å². The van der Waals surface area contributed by atoms with Gasteiger partial charge in [-0.05, 0) is 25.1 Å². The van der Waals surface area contributed by atoms with Gasteiger partial charge in [0.25, 0.3) is 0 Å². The molecule has 1 aliphatic rings. The molecule has 0 bridgehead atoms. The predicted molar refractivity (Wildman–Crippen MR) is 88.2 cm³/mol. The van der Waals surface area contributed by atoms with Crippen LogP contribution in [0.2, 0.25) is 0 Å². The molecular formula is C17H18FN5O. The van der Waals surface area contributed by atoms with Gasteiger partial charge in [-0.1, -0.05) is 5.16 Å². The Kier molecular flexibility index (Phi) is 3.86. The minimum Gasteiger partial charge on any atom is -0.356 e. The highest BCUT2D eigenvalue weighted by atomic mass is 19.1. The molecule has 0 radical (unpaired) electrons. The first-order chi connectivity index (χ1) is 11.7. The zero-order valence-corrected chi connectivity index (χ0v) is 13.4. The second kappa shape index (κ2) is 6.16. The van der Waals surface area contributed by atoms with Crippen molar-refractivity contribution < 1.29 is 8.91 Å². The van der Waals surface area contributed by atoms with Crippen molar-refractivity contribution in [2.75, 3.05) is 31.1 Å². The molecule has 24 heavy (non-hydrogen) atoms. The van der Waals surface area contributed by atoms with Crippen LogP contribution in [-0.2, 0) is 6.54 Å². The normalized spacial score (nSPS) is 16.0. The van der Waals surface area contributed by atoms with Crippen LogP contribution >= 0.6 is 0 Å². The first-order valence-corrected chi connectivity index (χ1v) is 8.00. The van der Waals surface area contributed by atoms with Crippen LogP contribution < -0.4 is 4.90 Å². The zero-order chi connectivity index (χ0) is 16.5. The second-order valence-electron chi connectivity index (χ2n) is 6.03. The number of nitrogens with zero attached hydrogens (tertiary/aromatic N) is 5. The molecule has 2 aromatic heterocycles. The largest absolute Gasteiger partial charge is 0.356 e. The summed E-state index contributed by atoms with van der Waals surface area (Å²) in [7, 11) is 0. The van der Waals surface area contributed by atoms with E-state index >= 15 is 0 Å². The van der Waals surface area contributed by atoms with Gasteiger partial charge in [-0.3, -0.25) is 4.90 Å². The molecule has 0 atom stereocenters. The monoisotopic (exact) mass is 327 g/mol. The van der Waals surface area contributed by atoms with Gasteiger partial charge in [0.1, 0.15) is 11.5 Å². The van der Waals surface area contributed by atoms with Gasteiger partial charge < -0.3 is 9.42 Å². The summed E-state index contributed by atoms with van der Waals surface area (Å²) in [4.78, 5) is 13.3. The van der Waals surface area contributed by atoms with Crippen LogP contribution in [0.4, 0.5) is 10.3 Å². The smallest absolute Gasteiger partial charge is 0.225 e. The number of aromatic nitrogens is 3. The number of piperazine rings is 1. The standard InChI is InChI=1S/C17H18FN5O/c1-12-4-5-19-17(20-12)23-8-6-22(7-9-23)11-15-14-3-2-13(18)10-16(14)24-21-15/h2-5,10H,6-9,11H2,1H3. The highest BCUT2D eigenvalue weighted by Crippen LogP contribution is 2.21. The van der Waals surface area contributed by atoms with Crippen molar-refractivity contribution in [2.24, 2.45) is 0 Å². The second-order valence-corrected chi connectivity index (χ2v) is 6.03. The van der Waals surface area contributed by atoms with Gasteiger partial charge in [0.2, 0.25) is 5.95 Å². The van der Waals surface area contributed by atoms with E-state index < -0.39 is 0 Å². The Bertz CT molecular complexity index is 857. The minimum absolute atomic E-state index is 0.308. The van der Waals surface area contributed by atoms with Crippen molar-refractivity contribution in [3.63, 3.8) is 0 Å². The van der Waals surface area contributed by atoms with Crippen LogP contribution in [0, 0.1) is 12.7 Å². The molecule has 1 saturated heterocycles. The summed E-state index contributed by atoms with van der Waals surface area (Å²) < 4.78 is 18.4. The van der Waals surface area contributed by atoms with Crippen LogP contribution in [0.3, 0.4) is 0 Å². The minimum atomic E-state index is -0.308. The van der Waals surface area contributed by atoms with Gasteiger partial charge in [0.05, 0.1) is 0 Å². The number of hydrogen-bond acceptors (Lipinski definition) is 6. The molecule has 6 nitrogen and oxygen atoms in total. The van der Waals surface area contributed by atoms with Crippen molar-refractivity contribution in [3.05, 3.63) is 47.7 Å². The summed E-state index contributed by atoms with van der Waals surface area (Å²) in [5, 5.41) is 4.97. The molecule has 0 aliphatic carbocycles. The summed E-state index contributed by atoms with van der Waals surface area (Å²) in [5.74, 6) is 0.481. The number of halogens is 1. The Balaban J connectivity index is 1.42. The third kappa shape index (κ3) is 2.94. The maximum absolute atomic E-state index is 13.2. The molecule has 1 fully saturated rings. The van der Waals surface area contributed by atoms with Gasteiger partial charge in [0.15, 0.2) is 5.58 Å². The van der Waals surface area contributed by atoms with Crippen molar-refractivity contribution in [2.45, 2.75) is 13.5 Å². The average Bonchev–Trinajstić information content (AvgIpc) is 2.97. The molecule has 4 rings (SSSR count). The maximum Gasteiger partial charge on any atom is 0.225 e. The number of rotatable bonds is 3. The van der Waals surface area contributed by atoms with Gasteiger partial charge in [-0.2, -0.15) is 0 Å². The molecule has 1 aromatic carbocycles. The highest BCUT2D eigenvalue weighted by molar-refractivity contribution is 5.79. The number of anilines is 1. The molecule has 3 aromatic rings. The first kappa shape index (κ1) is 15.0. The van der Waals surface area contributed by atoms with E-state index in [4.69, 9.17) is 4.52 Å². The molecular weight excluding hydrogens is 309 g/mol. The lowest BCUT2D eigenvalue weighted by molar-refractivity contribution is 0.242. The Morgan fingerprint density at radius 1 is 1.17 bits per heavy atom. The first-order valence-electron chi connectivity index (χ1n) is 8.00. The molecule has 0 spiro atoms. The van der Waals surface area contributed by atoms with E-state index in [1.54, 1.807) is 12.3 Å². The fraction of sp³-hybridized carbons (Fsp3) is 0.353. The Morgan fingerprint density at radius 3 is 2.79 bits per heavy atom. The van der Waals surface area contributed by atoms with Gasteiger partial charge in [-0.25, -0.2) is 14.4 Å². The predicted octanol–water partition coefficient (Wildman–Crippen LogP) is 2.39. The van der Waals surface area contributed by atoms with Gasteiger partial charge >= 0.3 is 0 Å². The molecule has 1 aliphatic heterocycles. The molecule has 0 saturated carbocycles. The summed E-state index contributed by atoms with van der Waals surface area (Å²) in [5.41, 5.74) is 2.32. The zero-order valence-electron chi connectivity index (χ0n) is 13.4. The van der Waals surface area contributed by atoms with E-state index in [1.165, 1.54) is 12.1 Å². The average molecular weight is 327 g/mol. The van der Waals surface area contributed by atoms with Crippen LogP contribution in [0.15, 0.2) is 35.0 Å². The number of hydrogen-bond donors (Lipinski definition) is 0. The number of fused-ring (bicyclic) bond motifs is 1. The lowest BCUT2D eigenvalue weighted by atomic mass is 10.2. The molecule has 7 heteroatoms. The summed E-state index contributed by atoms with van der Waals surface area (Å²) in [6.07, 6.45) is 1.80. The quantitative estimate of drug-likeness (QED) is 0.736. The van der Waals surface area contributed by atoms with Crippen LogP contribution in [0.5, 0.6) is 0 Å². The molecule has 0 N–H and O–H groups in total. The SMILES string of the molecule is Cc1ccnc(N2CCN(Cc3noc4cc(F)ccc34)CC2)n1. The fourth-order valence-corrected chi connectivity index (χ4v) is 2.98. The number of benzene rings is 1. The lowest BCUT2D eigenvalue weighted by Gasteiger charge is -2.34. The van der Waals surface area contributed by atoms with Crippen molar-refractivity contribution in [1.82, 2.24) is 20.0 Å². The molecule has 3 heterocycles. The Hall–Kier alpha value is -2.54. The topological polar surface area (TPSA) is 58.3 Å². The fourth-order valence-electron chi connectivity index (χ4n) is 2.98. The van der Waals surface area contributed by atoms with Crippen LogP contribution in [0.25, 0.3) is 11.0 Å². The Labute approximate surface area is 138 Å². The van der Waals surface area contributed by atoms with E-state index in [2.05, 4.69) is 24.9 Å². The number of aryl methyl sites for hydroxylation is 1. The van der Waals surface area contributed by atoms with E-state index in [0.717, 1.165) is 48.9 Å². The van der Waals surface area contributed by atoms with Crippen molar-refractivity contribution >= 4 is 16.9 Å².